The van der Waals surface area contributed by atoms with E-state index in [1.54, 1.807) is 16.8 Å². The zero-order valence-electron chi connectivity index (χ0n) is 12.3. The third kappa shape index (κ3) is 3.49. The van der Waals surface area contributed by atoms with Gasteiger partial charge in [0.25, 0.3) is 0 Å². The largest absolute Gasteiger partial charge is 0.370 e. The van der Waals surface area contributed by atoms with Gasteiger partial charge in [-0.1, -0.05) is 6.07 Å². The summed E-state index contributed by atoms with van der Waals surface area (Å²) in [6.07, 6.45) is 2.68. The van der Waals surface area contributed by atoms with Gasteiger partial charge in [0.15, 0.2) is 0 Å². The normalized spacial score (nSPS) is 10.6. The van der Waals surface area contributed by atoms with E-state index in [1.165, 1.54) is 12.1 Å². The van der Waals surface area contributed by atoms with Crippen molar-refractivity contribution in [3.63, 3.8) is 0 Å². The zero-order valence-corrected chi connectivity index (χ0v) is 12.3. The third-order valence-electron chi connectivity index (χ3n) is 3.31. The van der Waals surface area contributed by atoms with E-state index < -0.39 is 0 Å². The Morgan fingerprint density at radius 2 is 1.91 bits per heavy atom. The van der Waals surface area contributed by atoms with Crippen LogP contribution in [0.1, 0.15) is 11.4 Å². The maximum absolute atomic E-state index is 12.9. The molecule has 0 aliphatic carbocycles. The molecular formula is C17H17FN4. The summed E-state index contributed by atoms with van der Waals surface area (Å²) in [5, 5.41) is 7.77. The number of halogens is 1. The highest BCUT2D eigenvalue weighted by molar-refractivity contribution is 5.35. The van der Waals surface area contributed by atoms with E-state index in [0.29, 0.717) is 0 Å². The van der Waals surface area contributed by atoms with Gasteiger partial charge in [-0.25, -0.2) is 14.1 Å². The molecule has 0 amide bonds. The van der Waals surface area contributed by atoms with Gasteiger partial charge in [0.05, 0.1) is 11.4 Å². The Morgan fingerprint density at radius 3 is 2.68 bits per heavy atom. The number of hydrogen-bond donors (Lipinski definition) is 1. The number of nitrogens with one attached hydrogen (secondary N) is 1. The second-order valence-corrected chi connectivity index (χ2v) is 5.07. The SMILES string of the molecule is Cc1cccc(NCCc2ccn(-c3ccc(F)cc3)n2)n1. The maximum Gasteiger partial charge on any atom is 0.126 e. The van der Waals surface area contributed by atoms with Crippen molar-refractivity contribution in [2.24, 2.45) is 0 Å². The molecule has 4 nitrogen and oxygen atoms in total. The first-order valence-electron chi connectivity index (χ1n) is 7.19. The van der Waals surface area contributed by atoms with Gasteiger partial charge in [0.2, 0.25) is 0 Å². The minimum atomic E-state index is -0.244. The second kappa shape index (κ2) is 6.39. The molecule has 0 unspecified atom stereocenters. The predicted octanol–water partition coefficient (Wildman–Crippen LogP) is 3.37. The van der Waals surface area contributed by atoms with Crippen LogP contribution in [0.15, 0.2) is 54.7 Å². The Morgan fingerprint density at radius 1 is 1.09 bits per heavy atom. The van der Waals surface area contributed by atoms with Crippen LogP contribution in [-0.4, -0.2) is 21.3 Å². The molecule has 22 heavy (non-hydrogen) atoms. The Kier molecular flexibility index (Phi) is 4.14. The van der Waals surface area contributed by atoms with Crippen LogP contribution in [0.25, 0.3) is 5.69 Å². The maximum atomic E-state index is 12.9. The summed E-state index contributed by atoms with van der Waals surface area (Å²) in [5.41, 5.74) is 2.82. The highest BCUT2D eigenvalue weighted by atomic mass is 19.1. The van der Waals surface area contributed by atoms with Crippen molar-refractivity contribution in [3.05, 3.63) is 71.9 Å². The quantitative estimate of drug-likeness (QED) is 0.785. The van der Waals surface area contributed by atoms with Crippen LogP contribution >= 0.6 is 0 Å². The summed E-state index contributed by atoms with van der Waals surface area (Å²) in [5.74, 6) is 0.629. The van der Waals surface area contributed by atoms with Crippen LogP contribution in [-0.2, 0) is 6.42 Å². The van der Waals surface area contributed by atoms with E-state index in [2.05, 4.69) is 15.4 Å². The van der Waals surface area contributed by atoms with Crippen molar-refractivity contribution in [1.29, 1.82) is 0 Å². The van der Waals surface area contributed by atoms with E-state index >= 15 is 0 Å². The predicted molar refractivity (Wildman–Crippen MR) is 84.7 cm³/mol. The molecule has 1 N–H and O–H groups in total. The van der Waals surface area contributed by atoms with Gasteiger partial charge in [0.1, 0.15) is 11.6 Å². The molecule has 0 aliphatic rings. The number of aryl methyl sites for hydroxylation is 1. The number of nitrogens with zero attached hydrogens (tertiary/aromatic N) is 3. The van der Waals surface area contributed by atoms with E-state index in [9.17, 15) is 4.39 Å². The first kappa shape index (κ1) is 14.3. The van der Waals surface area contributed by atoms with Gasteiger partial charge in [-0.05, 0) is 49.4 Å². The molecule has 1 aromatic carbocycles. The number of benzene rings is 1. The summed E-state index contributed by atoms with van der Waals surface area (Å²) < 4.78 is 14.7. The van der Waals surface area contributed by atoms with Gasteiger partial charge in [0, 0.05) is 24.9 Å². The van der Waals surface area contributed by atoms with E-state index in [4.69, 9.17) is 0 Å². The summed E-state index contributed by atoms with van der Waals surface area (Å²) in [7, 11) is 0. The Hall–Kier alpha value is -2.69. The fraction of sp³-hybridized carbons (Fsp3) is 0.176. The molecule has 112 valence electrons. The Bertz CT molecular complexity index is 749. The lowest BCUT2D eigenvalue weighted by atomic mass is 10.3. The van der Waals surface area contributed by atoms with Crippen LogP contribution in [0.2, 0.25) is 0 Å². The van der Waals surface area contributed by atoms with Crippen LogP contribution < -0.4 is 5.32 Å². The molecule has 3 rings (SSSR count). The van der Waals surface area contributed by atoms with E-state index in [1.807, 2.05) is 37.4 Å². The molecule has 3 aromatic rings. The van der Waals surface area contributed by atoms with Crippen molar-refractivity contribution in [3.8, 4) is 5.69 Å². The lowest BCUT2D eigenvalue weighted by Gasteiger charge is -2.05. The molecule has 0 bridgehead atoms. The first-order valence-corrected chi connectivity index (χ1v) is 7.19. The molecule has 0 spiro atoms. The summed E-state index contributed by atoms with van der Waals surface area (Å²) in [6, 6.07) is 14.1. The lowest BCUT2D eigenvalue weighted by molar-refractivity contribution is 0.627. The minimum Gasteiger partial charge on any atom is -0.370 e. The van der Waals surface area contributed by atoms with E-state index in [-0.39, 0.29) is 5.82 Å². The first-order chi connectivity index (χ1) is 10.7. The van der Waals surface area contributed by atoms with Gasteiger partial charge >= 0.3 is 0 Å². The standard InChI is InChI=1S/C17H17FN4/c1-13-3-2-4-17(20-13)19-11-9-15-10-12-22(21-15)16-7-5-14(18)6-8-16/h2-8,10,12H,9,11H2,1H3,(H,19,20). The third-order valence-corrected chi connectivity index (χ3v) is 3.31. The molecule has 0 fully saturated rings. The number of aromatic nitrogens is 3. The fourth-order valence-electron chi connectivity index (χ4n) is 2.19. The minimum absolute atomic E-state index is 0.244. The van der Waals surface area contributed by atoms with Crippen molar-refractivity contribution >= 4 is 5.82 Å². The van der Waals surface area contributed by atoms with Crippen LogP contribution in [0.5, 0.6) is 0 Å². The molecule has 2 aromatic heterocycles. The molecule has 0 radical (unpaired) electrons. The average Bonchev–Trinajstić information content (AvgIpc) is 2.97. The Balaban J connectivity index is 1.59. The summed E-state index contributed by atoms with van der Waals surface area (Å²) in [6.45, 7) is 2.73. The molecule has 5 heteroatoms. The zero-order chi connectivity index (χ0) is 15.4. The molecule has 0 aliphatic heterocycles. The molecule has 2 heterocycles. The van der Waals surface area contributed by atoms with Crippen LogP contribution in [0.4, 0.5) is 10.2 Å². The average molecular weight is 296 g/mol. The van der Waals surface area contributed by atoms with Crippen molar-refractivity contribution in [2.45, 2.75) is 13.3 Å². The number of pyridine rings is 1. The Labute approximate surface area is 128 Å². The highest BCUT2D eigenvalue weighted by Crippen LogP contribution is 2.09. The van der Waals surface area contributed by atoms with Gasteiger partial charge in [-0.3, -0.25) is 0 Å². The monoisotopic (exact) mass is 296 g/mol. The van der Waals surface area contributed by atoms with Gasteiger partial charge in [-0.2, -0.15) is 5.10 Å². The number of hydrogen-bond acceptors (Lipinski definition) is 3. The summed E-state index contributed by atoms with van der Waals surface area (Å²) >= 11 is 0. The smallest absolute Gasteiger partial charge is 0.126 e. The van der Waals surface area contributed by atoms with Gasteiger partial charge < -0.3 is 5.32 Å². The molecule has 0 saturated carbocycles. The highest BCUT2D eigenvalue weighted by Gasteiger charge is 2.02. The van der Waals surface area contributed by atoms with Gasteiger partial charge in [-0.15, -0.1) is 0 Å². The summed E-state index contributed by atoms with van der Waals surface area (Å²) in [4.78, 5) is 4.39. The van der Waals surface area contributed by atoms with Crippen LogP contribution in [0, 0.1) is 12.7 Å². The molecule has 0 saturated heterocycles. The molecular weight excluding hydrogens is 279 g/mol. The topological polar surface area (TPSA) is 42.7 Å². The fourth-order valence-corrected chi connectivity index (χ4v) is 2.19. The number of anilines is 1. The second-order valence-electron chi connectivity index (χ2n) is 5.07. The lowest BCUT2D eigenvalue weighted by Crippen LogP contribution is -2.07. The molecule has 0 atom stereocenters. The van der Waals surface area contributed by atoms with Crippen molar-refractivity contribution in [2.75, 3.05) is 11.9 Å². The van der Waals surface area contributed by atoms with Crippen molar-refractivity contribution in [1.82, 2.24) is 14.8 Å². The number of rotatable bonds is 5. The van der Waals surface area contributed by atoms with E-state index in [0.717, 1.165) is 35.9 Å². The van der Waals surface area contributed by atoms with Crippen LogP contribution in [0.3, 0.4) is 0 Å². The van der Waals surface area contributed by atoms with Crippen molar-refractivity contribution < 1.29 is 4.39 Å².